The van der Waals surface area contributed by atoms with E-state index in [0.717, 1.165) is 11.1 Å². The van der Waals surface area contributed by atoms with Gasteiger partial charge in [-0.3, -0.25) is 0 Å². The maximum Gasteiger partial charge on any atom is 0.231 e. The summed E-state index contributed by atoms with van der Waals surface area (Å²) in [5, 5.41) is 28.1. The molecular weight excluding hydrogens is 298 g/mol. The van der Waals surface area contributed by atoms with Crippen LogP contribution in [0.5, 0.6) is 11.5 Å². The fraction of sp³-hybridized carbons (Fsp3) is 0.0625. The van der Waals surface area contributed by atoms with Crippen molar-refractivity contribution in [3.8, 4) is 22.1 Å². The first-order valence-electron chi connectivity index (χ1n) is 6.59. The van der Waals surface area contributed by atoms with E-state index in [1.807, 2.05) is 31.2 Å². The highest BCUT2D eigenvalue weighted by atomic mass is 32.1. The van der Waals surface area contributed by atoms with Gasteiger partial charge in [-0.15, -0.1) is 10.2 Å². The Bertz CT molecular complexity index is 843. The zero-order valence-electron chi connectivity index (χ0n) is 11.8. The van der Waals surface area contributed by atoms with Gasteiger partial charge >= 0.3 is 0 Å². The number of phenolic OH excluding ortho intramolecular Hbond substituents is 2. The molecule has 1 aromatic heterocycles. The first-order valence-corrected chi connectivity index (χ1v) is 7.41. The maximum absolute atomic E-state index is 9.53. The van der Waals surface area contributed by atoms with E-state index in [-0.39, 0.29) is 11.5 Å². The summed E-state index contributed by atoms with van der Waals surface area (Å²) in [7, 11) is 0. The average Bonchev–Trinajstić information content (AvgIpc) is 2.98. The van der Waals surface area contributed by atoms with Gasteiger partial charge in [0, 0.05) is 11.8 Å². The number of aromatic nitrogens is 2. The third-order valence-corrected chi connectivity index (χ3v) is 4.02. The van der Waals surface area contributed by atoms with Gasteiger partial charge in [-0.05, 0) is 36.2 Å². The topological polar surface area (TPSA) is 78.6 Å². The Morgan fingerprint density at radius 2 is 1.86 bits per heavy atom. The molecule has 0 spiro atoms. The summed E-state index contributed by atoms with van der Waals surface area (Å²) in [5.41, 5.74) is 2.85. The van der Waals surface area contributed by atoms with Gasteiger partial charge in [0.1, 0.15) is 5.01 Å². The predicted octanol–water partition coefficient (Wildman–Crippen LogP) is 3.68. The third kappa shape index (κ3) is 2.96. The lowest BCUT2D eigenvalue weighted by molar-refractivity contribution is 0.404. The smallest absolute Gasteiger partial charge is 0.231 e. The standard InChI is InChI=1S/C16H13N3O2S/c1-10-4-2-3-5-12(10)9-17-16-19-18-15(22-16)11-6-7-13(20)14(21)8-11/h2-9,20-21H,1H3. The molecule has 0 fully saturated rings. The minimum Gasteiger partial charge on any atom is -0.504 e. The van der Waals surface area contributed by atoms with E-state index >= 15 is 0 Å². The lowest BCUT2D eigenvalue weighted by Crippen LogP contribution is -1.84. The Hall–Kier alpha value is -2.73. The molecule has 0 bridgehead atoms. The van der Waals surface area contributed by atoms with Crippen molar-refractivity contribution in [3.63, 3.8) is 0 Å². The number of hydrogen-bond acceptors (Lipinski definition) is 6. The summed E-state index contributed by atoms with van der Waals surface area (Å²) in [6.45, 7) is 2.02. The molecule has 0 amide bonds. The molecule has 3 rings (SSSR count). The summed E-state index contributed by atoms with van der Waals surface area (Å²) < 4.78 is 0. The SMILES string of the molecule is Cc1ccccc1C=Nc1nnc(-c2ccc(O)c(O)c2)s1. The van der Waals surface area contributed by atoms with Crippen LogP contribution in [0.4, 0.5) is 5.13 Å². The number of rotatable bonds is 3. The fourth-order valence-electron chi connectivity index (χ4n) is 1.90. The van der Waals surface area contributed by atoms with Crippen molar-refractivity contribution in [1.82, 2.24) is 10.2 Å². The number of phenols is 2. The number of aliphatic imine (C=N–C) groups is 1. The zero-order valence-corrected chi connectivity index (χ0v) is 12.6. The first-order chi connectivity index (χ1) is 10.6. The van der Waals surface area contributed by atoms with Crippen LogP contribution in [0.3, 0.4) is 0 Å². The molecule has 2 aromatic carbocycles. The second kappa shape index (κ2) is 5.95. The molecule has 5 nitrogen and oxygen atoms in total. The quantitative estimate of drug-likeness (QED) is 0.571. The molecule has 6 heteroatoms. The van der Waals surface area contributed by atoms with Crippen molar-refractivity contribution >= 4 is 22.7 Å². The minimum atomic E-state index is -0.183. The lowest BCUT2D eigenvalue weighted by Gasteiger charge is -1.98. The van der Waals surface area contributed by atoms with Crippen LogP contribution in [0.15, 0.2) is 47.5 Å². The maximum atomic E-state index is 9.53. The normalized spacial score (nSPS) is 11.1. The van der Waals surface area contributed by atoms with Crippen LogP contribution in [0.25, 0.3) is 10.6 Å². The van der Waals surface area contributed by atoms with E-state index in [0.29, 0.717) is 15.7 Å². The highest BCUT2D eigenvalue weighted by Gasteiger charge is 2.08. The van der Waals surface area contributed by atoms with E-state index in [9.17, 15) is 10.2 Å². The Morgan fingerprint density at radius 3 is 2.64 bits per heavy atom. The van der Waals surface area contributed by atoms with Gasteiger partial charge < -0.3 is 10.2 Å². The van der Waals surface area contributed by atoms with Crippen LogP contribution in [0, 0.1) is 6.92 Å². The fourth-order valence-corrected chi connectivity index (χ4v) is 2.58. The number of aromatic hydroxyl groups is 2. The van der Waals surface area contributed by atoms with E-state index in [2.05, 4.69) is 15.2 Å². The zero-order chi connectivity index (χ0) is 15.5. The predicted molar refractivity (Wildman–Crippen MR) is 87.1 cm³/mol. The number of aryl methyl sites for hydroxylation is 1. The van der Waals surface area contributed by atoms with Gasteiger partial charge in [-0.25, -0.2) is 4.99 Å². The molecular formula is C16H13N3O2S. The highest BCUT2D eigenvalue weighted by molar-refractivity contribution is 7.18. The van der Waals surface area contributed by atoms with E-state index in [1.165, 1.54) is 23.5 Å². The van der Waals surface area contributed by atoms with Gasteiger partial charge in [-0.2, -0.15) is 0 Å². The van der Waals surface area contributed by atoms with Crippen molar-refractivity contribution in [1.29, 1.82) is 0 Å². The van der Waals surface area contributed by atoms with Crippen LogP contribution in [-0.2, 0) is 0 Å². The Kier molecular flexibility index (Phi) is 3.84. The van der Waals surface area contributed by atoms with Crippen molar-refractivity contribution in [2.75, 3.05) is 0 Å². The van der Waals surface area contributed by atoms with Crippen LogP contribution in [-0.4, -0.2) is 26.6 Å². The molecule has 0 atom stereocenters. The van der Waals surface area contributed by atoms with E-state index in [1.54, 1.807) is 12.3 Å². The average molecular weight is 311 g/mol. The summed E-state index contributed by atoms with van der Waals surface area (Å²) in [6, 6.07) is 12.5. The molecule has 0 unspecified atom stereocenters. The second-order valence-electron chi connectivity index (χ2n) is 4.71. The number of benzene rings is 2. The molecule has 0 aliphatic carbocycles. The summed E-state index contributed by atoms with van der Waals surface area (Å²) in [4.78, 5) is 4.33. The van der Waals surface area contributed by atoms with E-state index in [4.69, 9.17) is 0 Å². The molecule has 110 valence electrons. The van der Waals surface area contributed by atoms with Crippen molar-refractivity contribution in [2.24, 2.45) is 4.99 Å². The summed E-state index contributed by atoms with van der Waals surface area (Å²) in [6.07, 6.45) is 1.76. The number of nitrogens with zero attached hydrogens (tertiary/aromatic N) is 3. The van der Waals surface area contributed by atoms with Crippen molar-refractivity contribution in [2.45, 2.75) is 6.92 Å². The molecule has 2 N–H and O–H groups in total. The largest absolute Gasteiger partial charge is 0.504 e. The van der Waals surface area contributed by atoms with Gasteiger partial charge in [0.05, 0.1) is 0 Å². The van der Waals surface area contributed by atoms with Crippen LogP contribution in [0.2, 0.25) is 0 Å². The molecule has 0 aliphatic heterocycles. The second-order valence-corrected chi connectivity index (χ2v) is 5.66. The lowest BCUT2D eigenvalue weighted by atomic mass is 10.1. The summed E-state index contributed by atoms with van der Waals surface area (Å²) in [5.74, 6) is -0.344. The van der Waals surface area contributed by atoms with Crippen LogP contribution >= 0.6 is 11.3 Å². The number of hydrogen-bond donors (Lipinski definition) is 2. The third-order valence-electron chi connectivity index (χ3n) is 3.14. The Balaban J connectivity index is 1.85. The van der Waals surface area contributed by atoms with Gasteiger partial charge in [0.15, 0.2) is 11.5 Å². The molecule has 1 heterocycles. The summed E-state index contributed by atoms with van der Waals surface area (Å²) >= 11 is 1.31. The minimum absolute atomic E-state index is 0.161. The van der Waals surface area contributed by atoms with Crippen LogP contribution in [0.1, 0.15) is 11.1 Å². The molecule has 22 heavy (non-hydrogen) atoms. The van der Waals surface area contributed by atoms with Crippen molar-refractivity contribution < 1.29 is 10.2 Å². The van der Waals surface area contributed by atoms with E-state index < -0.39 is 0 Å². The van der Waals surface area contributed by atoms with Crippen LogP contribution < -0.4 is 0 Å². The van der Waals surface area contributed by atoms with Gasteiger partial charge in [-0.1, -0.05) is 35.6 Å². The Labute approximate surface area is 131 Å². The molecule has 0 saturated carbocycles. The Morgan fingerprint density at radius 1 is 1.05 bits per heavy atom. The highest BCUT2D eigenvalue weighted by Crippen LogP contribution is 2.33. The monoisotopic (exact) mass is 311 g/mol. The molecule has 0 saturated heterocycles. The molecule has 0 radical (unpaired) electrons. The van der Waals surface area contributed by atoms with Gasteiger partial charge in [0.25, 0.3) is 0 Å². The van der Waals surface area contributed by atoms with Gasteiger partial charge in [0.2, 0.25) is 5.13 Å². The first kappa shape index (κ1) is 14.2. The van der Waals surface area contributed by atoms with Crippen molar-refractivity contribution in [3.05, 3.63) is 53.6 Å². The molecule has 0 aliphatic rings. The molecule has 3 aromatic rings.